The Kier molecular flexibility index (Phi) is 7.81. The fourth-order valence-corrected chi connectivity index (χ4v) is 3.91. The monoisotopic (exact) mass is 503 g/mol. The van der Waals surface area contributed by atoms with E-state index < -0.39 is 42.1 Å². The summed E-state index contributed by atoms with van der Waals surface area (Å²) in [6, 6.07) is 6.37. The van der Waals surface area contributed by atoms with Gasteiger partial charge in [0.25, 0.3) is 17.7 Å². The molecule has 0 aliphatic rings. The lowest BCUT2D eigenvalue weighted by atomic mass is 10.1. The number of aryl methyl sites for hydroxylation is 1. The number of aromatic nitrogens is 1. The molecule has 1 unspecified atom stereocenters. The number of primary amides is 1. The first-order chi connectivity index (χ1) is 16.6. The van der Waals surface area contributed by atoms with E-state index in [1.165, 1.54) is 18.2 Å². The molecule has 0 saturated heterocycles. The maximum absolute atomic E-state index is 13.7. The van der Waals surface area contributed by atoms with Crippen LogP contribution in [0.4, 0.5) is 15.8 Å². The topological polar surface area (TPSA) is 171 Å². The van der Waals surface area contributed by atoms with E-state index in [-0.39, 0.29) is 34.3 Å². The summed E-state index contributed by atoms with van der Waals surface area (Å²) >= 11 is 0.616. The number of benzene rings is 1. The Morgan fingerprint density at radius 3 is 2.43 bits per heavy atom. The van der Waals surface area contributed by atoms with Crippen LogP contribution in [-0.2, 0) is 14.3 Å². The molecule has 5 N–H and O–H groups in total. The van der Waals surface area contributed by atoms with Crippen molar-refractivity contribution in [3.63, 3.8) is 0 Å². The van der Waals surface area contributed by atoms with Gasteiger partial charge in [0, 0.05) is 5.69 Å². The van der Waals surface area contributed by atoms with Gasteiger partial charge in [-0.25, -0.2) is 4.39 Å². The van der Waals surface area contributed by atoms with Gasteiger partial charge in [-0.05, 0) is 61.8 Å². The van der Waals surface area contributed by atoms with Crippen LogP contribution < -0.4 is 21.7 Å². The molecule has 1 atom stereocenters. The summed E-state index contributed by atoms with van der Waals surface area (Å²) in [6.45, 7) is 2.90. The van der Waals surface area contributed by atoms with E-state index in [4.69, 9.17) is 20.6 Å². The van der Waals surface area contributed by atoms with Crippen molar-refractivity contribution in [2.24, 2.45) is 5.73 Å². The molecule has 0 aliphatic carbocycles. The van der Waals surface area contributed by atoms with Gasteiger partial charge in [-0.15, -0.1) is 0 Å². The van der Waals surface area contributed by atoms with Crippen molar-refractivity contribution >= 4 is 46.6 Å². The third-order valence-corrected chi connectivity index (χ3v) is 5.58. The molecule has 0 aliphatic heterocycles. The molecular formula is C22H22FN5O6S. The van der Waals surface area contributed by atoms with E-state index in [1.54, 1.807) is 19.9 Å². The first-order valence-electron chi connectivity index (χ1n) is 10.3. The summed E-state index contributed by atoms with van der Waals surface area (Å²) in [5.74, 6) is -3.31. The molecule has 35 heavy (non-hydrogen) atoms. The number of esters is 1. The van der Waals surface area contributed by atoms with Crippen LogP contribution in [0.2, 0.25) is 0 Å². The third-order valence-electron chi connectivity index (χ3n) is 4.73. The number of carbonyl (C=O) groups excluding carboxylic acids is 4. The predicted molar refractivity (Wildman–Crippen MR) is 124 cm³/mol. The van der Waals surface area contributed by atoms with Crippen LogP contribution in [0, 0.1) is 12.7 Å². The van der Waals surface area contributed by atoms with Gasteiger partial charge in [0.15, 0.2) is 11.7 Å². The molecule has 2 aromatic heterocycles. The Bertz CT molecular complexity index is 1260. The van der Waals surface area contributed by atoms with Gasteiger partial charge in [0.2, 0.25) is 0 Å². The number of nitrogen functional groups attached to an aromatic ring is 1. The number of furan rings is 1. The molecule has 0 spiro atoms. The number of anilines is 2. The van der Waals surface area contributed by atoms with Crippen molar-refractivity contribution in [2.45, 2.75) is 19.9 Å². The molecule has 0 saturated carbocycles. The van der Waals surface area contributed by atoms with Crippen molar-refractivity contribution in [3.05, 3.63) is 64.3 Å². The van der Waals surface area contributed by atoms with Crippen molar-refractivity contribution < 1.29 is 32.7 Å². The first-order valence-corrected chi connectivity index (χ1v) is 11.0. The molecule has 11 nitrogen and oxygen atoms in total. The Morgan fingerprint density at radius 2 is 1.89 bits per heavy atom. The Morgan fingerprint density at radius 1 is 1.20 bits per heavy atom. The quantitative estimate of drug-likeness (QED) is 0.372. The number of amides is 3. The second-order valence-electron chi connectivity index (χ2n) is 7.16. The minimum atomic E-state index is -1.45. The Hall–Kier alpha value is -4.26. The lowest BCUT2D eigenvalue weighted by molar-refractivity contribution is -0.143. The van der Waals surface area contributed by atoms with Crippen molar-refractivity contribution in [1.29, 1.82) is 0 Å². The van der Waals surface area contributed by atoms with Crippen LogP contribution in [0.1, 0.15) is 44.6 Å². The largest absolute Gasteiger partial charge is 0.465 e. The highest BCUT2D eigenvalue weighted by molar-refractivity contribution is 7.09. The lowest BCUT2D eigenvalue weighted by Crippen LogP contribution is -2.45. The highest BCUT2D eigenvalue weighted by atomic mass is 32.1. The number of hydrogen-bond donors (Lipinski definition) is 3. The van der Waals surface area contributed by atoms with E-state index in [0.29, 0.717) is 17.3 Å². The number of rotatable bonds is 9. The zero-order chi connectivity index (χ0) is 25.7. The van der Waals surface area contributed by atoms with E-state index in [9.17, 15) is 23.6 Å². The molecule has 184 valence electrons. The van der Waals surface area contributed by atoms with Crippen LogP contribution in [0.3, 0.4) is 0 Å². The third kappa shape index (κ3) is 5.63. The molecule has 0 bridgehead atoms. The summed E-state index contributed by atoms with van der Waals surface area (Å²) in [7, 11) is 0. The standard InChI is InChI=1S/C22H22FN5O6S/c1-3-33-15(29)10-26-21(31)18(14-9-4-11(2)34-14)28(13-7-5-12(23)6-8-13)22(32)19-16(24)17(20(25)30)27-35-19/h4-9,18H,3,10,24H2,1-2H3,(H2,25,30)(H,26,31). The number of nitrogens with two attached hydrogens (primary N) is 2. The molecule has 3 aromatic rings. The zero-order valence-corrected chi connectivity index (χ0v) is 19.6. The highest BCUT2D eigenvalue weighted by Gasteiger charge is 2.38. The van der Waals surface area contributed by atoms with E-state index in [2.05, 4.69) is 9.69 Å². The summed E-state index contributed by atoms with van der Waals surface area (Å²) in [4.78, 5) is 51.3. The predicted octanol–water partition coefficient (Wildman–Crippen LogP) is 1.93. The molecular weight excluding hydrogens is 481 g/mol. The van der Waals surface area contributed by atoms with E-state index >= 15 is 0 Å². The number of nitrogens with zero attached hydrogens (tertiary/aromatic N) is 2. The Labute approximate surface area is 203 Å². The van der Waals surface area contributed by atoms with Gasteiger partial charge in [-0.2, -0.15) is 4.37 Å². The molecule has 3 amide bonds. The van der Waals surface area contributed by atoms with E-state index in [1.807, 2.05) is 0 Å². The van der Waals surface area contributed by atoms with Crippen LogP contribution in [0.25, 0.3) is 0 Å². The molecule has 1 aromatic carbocycles. The SMILES string of the molecule is CCOC(=O)CNC(=O)C(c1ccc(C)o1)N(C(=O)c1snc(C(N)=O)c1N)c1ccc(F)cc1. The lowest BCUT2D eigenvalue weighted by Gasteiger charge is -2.29. The average molecular weight is 504 g/mol. The van der Waals surface area contributed by atoms with Gasteiger partial charge in [0.05, 0.1) is 12.3 Å². The van der Waals surface area contributed by atoms with E-state index in [0.717, 1.165) is 17.0 Å². The van der Waals surface area contributed by atoms with Crippen LogP contribution in [0.5, 0.6) is 0 Å². The maximum Gasteiger partial charge on any atom is 0.325 e. The number of ether oxygens (including phenoxy) is 1. The van der Waals surface area contributed by atoms with Gasteiger partial charge in [-0.1, -0.05) is 0 Å². The number of nitrogens with one attached hydrogen (secondary N) is 1. The summed E-state index contributed by atoms with van der Waals surface area (Å²) < 4.78 is 28.0. The summed E-state index contributed by atoms with van der Waals surface area (Å²) in [5.41, 5.74) is 10.8. The molecule has 2 heterocycles. The molecule has 13 heteroatoms. The summed E-state index contributed by atoms with van der Waals surface area (Å²) in [6.07, 6.45) is 0. The normalized spacial score (nSPS) is 11.5. The molecule has 3 rings (SSSR count). The van der Waals surface area contributed by atoms with Gasteiger partial charge in [0.1, 0.15) is 28.8 Å². The second-order valence-corrected chi connectivity index (χ2v) is 7.94. The minimum absolute atomic E-state index is 0.0553. The van der Waals surface area contributed by atoms with Gasteiger partial charge >= 0.3 is 5.97 Å². The maximum atomic E-state index is 13.7. The zero-order valence-electron chi connectivity index (χ0n) is 18.7. The minimum Gasteiger partial charge on any atom is -0.465 e. The average Bonchev–Trinajstić information content (AvgIpc) is 3.41. The fourth-order valence-electron chi connectivity index (χ4n) is 3.17. The van der Waals surface area contributed by atoms with Crippen LogP contribution in [-0.4, -0.2) is 41.2 Å². The smallest absolute Gasteiger partial charge is 0.325 e. The second kappa shape index (κ2) is 10.8. The van der Waals surface area contributed by atoms with Crippen molar-refractivity contribution in [3.8, 4) is 0 Å². The highest BCUT2D eigenvalue weighted by Crippen LogP contribution is 2.33. The van der Waals surface area contributed by atoms with Gasteiger partial charge < -0.3 is 25.9 Å². The van der Waals surface area contributed by atoms with Gasteiger partial charge in [-0.3, -0.25) is 24.1 Å². The fraction of sp³-hybridized carbons (Fsp3) is 0.227. The summed E-state index contributed by atoms with van der Waals surface area (Å²) in [5, 5.41) is 2.42. The number of carbonyl (C=O) groups is 4. The molecule has 0 radical (unpaired) electrons. The molecule has 0 fully saturated rings. The number of halogens is 1. The van der Waals surface area contributed by atoms with Crippen LogP contribution in [0.15, 0.2) is 40.8 Å². The number of hydrogen-bond acceptors (Lipinski definition) is 9. The Balaban J connectivity index is 2.12. The van der Waals surface area contributed by atoms with Crippen molar-refractivity contribution in [1.82, 2.24) is 9.69 Å². The first kappa shape index (κ1) is 25.4. The van der Waals surface area contributed by atoms with Crippen molar-refractivity contribution in [2.75, 3.05) is 23.8 Å². The van der Waals surface area contributed by atoms with Crippen LogP contribution >= 0.6 is 11.5 Å².